The molecule has 100 valence electrons. The lowest BCUT2D eigenvalue weighted by Gasteiger charge is -2.32. The van der Waals surface area contributed by atoms with E-state index < -0.39 is 0 Å². The maximum absolute atomic E-state index is 12.3. The molecule has 1 saturated heterocycles. The summed E-state index contributed by atoms with van der Waals surface area (Å²) in [6.07, 6.45) is 4.87. The lowest BCUT2D eigenvalue weighted by molar-refractivity contribution is 0.00209. The van der Waals surface area contributed by atoms with Gasteiger partial charge < -0.3 is 9.64 Å². The minimum atomic E-state index is 0.0612. The molecule has 0 aromatic carbocycles. The van der Waals surface area contributed by atoms with Crippen LogP contribution in [0.2, 0.25) is 0 Å². The second kappa shape index (κ2) is 6.00. The van der Waals surface area contributed by atoms with Crippen LogP contribution in [0.4, 0.5) is 0 Å². The first-order valence-electron chi connectivity index (χ1n) is 6.63. The first kappa shape index (κ1) is 13.1. The van der Waals surface area contributed by atoms with Crippen LogP contribution in [0.1, 0.15) is 42.2 Å². The maximum Gasteiger partial charge on any atom is 0.257 e. The molecule has 0 spiro atoms. The van der Waals surface area contributed by atoms with Gasteiger partial charge >= 0.3 is 0 Å². The summed E-state index contributed by atoms with van der Waals surface area (Å²) in [5.74, 6) is 0.0612. The molecule has 2 heterocycles. The van der Waals surface area contributed by atoms with E-state index in [1.807, 2.05) is 11.8 Å². The van der Waals surface area contributed by atoms with Gasteiger partial charge in [0, 0.05) is 25.4 Å². The van der Waals surface area contributed by atoms with E-state index >= 15 is 0 Å². The molecule has 0 radical (unpaired) electrons. The molecule has 1 aliphatic heterocycles. The monoisotopic (exact) mass is 251 g/mol. The van der Waals surface area contributed by atoms with Gasteiger partial charge in [0.25, 0.3) is 5.91 Å². The lowest BCUT2D eigenvalue weighted by Crippen LogP contribution is -2.43. The summed E-state index contributed by atoms with van der Waals surface area (Å²) in [6.45, 7) is 6.26. The Morgan fingerprint density at radius 3 is 3.17 bits per heavy atom. The summed E-state index contributed by atoms with van der Waals surface area (Å²) in [7, 11) is 0. The van der Waals surface area contributed by atoms with E-state index in [1.54, 1.807) is 6.20 Å². The van der Waals surface area contributed by atoms with Crippen molar-refractivity contribution in [3.05, 3.63) is 17.5 Å². The highest BCUT2D eigenvalue weighted by Crippen LogP contribution is 2.17. The molecule has 0 aliphatic carbocycles. The van der Waals surface area contributed by atoms with Crippen LogP contribution in [0.5, 0.6) is 0 Å². The Hall–Kier alpha value is -1.36. The molecule has 18 heavy (non-hydrogen) atoms. The third-order valence-corrected chi connectivity index (χ3v) is 3.28. The Bertz CT molecular complexity index is 403. The zero-order valence-electron chi connectivity index (χ0n) is 11.1. The SMILES string of the molecule is CCCOC1CCCN(C(=O)c2cn[nH]c2C)C1. The van der Waals surface area contributed by atoms with Gasteiger partial charge in [0.2, 0.25) is 0 Å². The average molecular weight is 251 g/mol. The summed E-state index contributed by atoms with van der Waals surface area (Å²) in [6, 6.07) is 0. The molecule has 1 aliphatic rings. The molecule has 1 unspecified atom stereocenters. The van der Waals surface area contributed by atoms with E-state index in [-0.39, 0.29) is 12.0 Å². The number of hydrogen-bond donors (Lipinski definition) is 1. The molecule has 0 saturated carbocycles. The maximum atomic E-state index is 12.3. The van der Waals surface area contributed by atoms with Gasteiger partial charge in [-0.05, 0) is 26.2 Å². The highest BCUT2D eigenvalue weighted by molar-refractivity contribution is 5.95. The number of aromatic nitrogens is 2. The van der Waals surface area contributed by atoms with Crippen LogP contribution in [0.15, 0.2) is 6.20 Å². The fourth-order valence-electron chi connectivity index (χ4n) is 2.28. The van der Waals surface area contributed by atoms with Crippen LogP contribution in [-0.2, 0) is 4.74 Å². The molecule has 1 amide bonds. The predicted octanol–water partition coefficient (Wildman–Crippen LogP) is 1.75. The van der Waals surface area contributed by atoms with Gasteiger partial charge in [0.15, 0.2) is 0 Å². The molecule has 1 aromatic heterocycles. The van der Waals surface area contributed by atoms with E-state index in [2.05, 4.69) is 17.1 Å². The number of aromatic amines is 1. The van der Waals surface area contributed by atoms with E-state index in [9.17, 15) is 4.79 Å². The van der Waals surface area contributed by atoms with Crippen LogP contribution in [0.3, 0.4) is 0 Å². The van der Waals surface area contributed by atoms with Gasteiger partial charge in [-0.15, -0.1) is 0 Å². The Balaban J connectivity index is 1.96. The van der Waals surface area contributed by atoms with Crippen molar-refractivity contribution in [2.75, 3.05) is 19.7 Å². The van der Waals surface area contributed by atoms with E-state index in [0.29, 0.717) is 12.1 Å². The van der Waals surface area contributed by atoms with Crippen molar-refractivity contribution in [3.8, 4) is 0 Å². The minimum absolute atomic E-state index is 0.0612. The van der Waals surface area contributed by atoms with Crippen molar-refractivity contribution in [2.24, 2.45) is 0 Å². The Kier molecular flexibility index (Phi) is 4.36. The topological polar surface area (TPSA) is 58.2 Å². The number of hydrogen-bond acceptors (Lipinski definition) is 3. The second-order valence-electron chi connectivity index (χ2n) is 4.79. The molecule has 1 atom stereocenters. The van der Waals surface area contributed by atoms with Crippen molar-refractivity contribution in [2.45, 2.75) is 39.2 Å². The molecule has 0 bridgehead atoms. The first-order valence-corrected chi connectivity index (χ1v) is 6.63. The lowest BCUT2D eigenvalue weighted by atomic mass is 10.1. The van der Waals surface area contributed by atoms with Crippen molar-refractivity contribution >= 4 is 5.91 Å². The third-order valence-electron chi connectivity index (χ3n) is 3.28. The molecule has 2 rings (SSSR count). The van der Waals surface area contributed by atoms with Gasteiger partial charge in [-0.25, -0.2) is 0 Å². The third kappa shape index (κ3) is 2.90. The molecule has 5 heteroatoms. The Morgan fingerprint density at radius 2 is 2.50 bits per heavy atom. The predicted molar refractivity (Wildman–Crippen MR) is 68.5 cm³/mol. The summed E-state index contributed by atoms with van der Waals surface area (Å²) in [5.41, 5.74) is 1.50. The zero-order chi connectivity index (χ0) is 13.0. The number of rotatable bonds is 4. The highest BCUT2D eigenvalue weighted by Gasteiger charge is 2.26. The van der Waals surface area contributed by atoms with Crippen molar-refractivity contribution in [1.29, 1.82) is 0 Å². The number of ether oxygens (including phenoxy) is 1. The van der Waals surface area contributed by atoms with E-state index in [1.165, 1.54) is 0 Å². The molecule has 1 aromatic rings. The minimum Gasteiger partial charge on any atom is -0.376 e. The van der Waals surface area contributed by atoms with Crippen molar-refractivity contribution in [1.82, 2.24) is 15.1 Å². The van der Waals surface area contributed by atoms with Crippen molar-refractivity contribution in [3.63, 3.8) is 0 Å². The average Bonchev–Trinajstić information content (AvgIpc) is 2.82. The van der Waals surface area contributed by atoms with Gasteiger partial charge in [0.1, 0.15) is 0 Å². The number of nitrogens with zero attached hydrogens (tertiary/aromatic N) is 2. The molecular formula is C13H21N3O2. The first-order chi connectivity index (χ1) is 8.72. The van der Waals surface area contributed by atoms with Crippen LogP contribution >= 0.6 is 0 Å². The number of carbonyl (C=O) groups is 1. The Labute approximate surface area is 108 Å². The molecular weight excluding hydrogens is 230 g/mol. The zero-order valence-corrected chi connectivity index (χ0v) is 11.1. The summed E-state index contributed by atoms with van der Waals surface area (Å²) < 4.78 is 5.74. The van der Waals surface area contributed by atoms with Crippen LogP contribution in [0, 0.1) is 6.92 Å². The van der Waals surface area contributed by atoms with Gasteiger partial charge in [-0.2, -0.15) is 5.10 Å². The van der Waals surface area contributed by atoms with Gasteiger partial charge in [-0.3, -0.25) is 9.89 Å². The van der Waals surface area contributed by atoms with Crippen LogP contribution in [0.25, 0.3) is 0 Å². The number of nitrogens with one attached hydrogen (secondary N) is 1. The number of amides is 1. The molecule has 1 N–H and O–H groups in total. The van der Waals surface area contributed by atoms with Crippen LogP contribution in [-0.4, -0.2) is 46.8 Å². The standard InChI is InChI=1S/C13H21N3O2/c1-3-7-18-11-5-4-6-16(9-11)13(17)12-8-14-15-10(12)2/h8,11H,3-7,9H2,1-2H3,(H,14,15). The number of carbonyl (C=O) groups excluding carboxylic acids is 1. The normalized spacial score (nSPS) is 20.1. The van der Waals surface area contributed by atoms with Crippen LogP contribution < -0.4 is 0 Å². The largest absolute Gasteiger partial charge is 0.376 e. The van der Waals surface area contributed by atoms with Gasteiger partial charge in [0.05, 0.1) is 17.9 Å². The summed E-state index contributed by atoms with van der Waals surface area (Å²) in [4.78, 5) is 14.2. The fourth-order valence-corrected chi connectivity index (χ4v) is 2.28. The fraction of sp³-hybridized carbons (Fsp3) is 0.692. The summed E-state index contributed by atoms with van der Waals surface area (Å²) >= 11 is 0. The highest BCUT2D eigenvalue weighted by atomic mass is 16.5. The van der Waals surface area contributed by atoms with E-state index in [0.717, 1.165) is 38.1 Å². The quantitative estimate of drug-likeness (QED) is 0.887. The molecule has 5 nitrogen and oxygen atoms in total. The number of H-pyrrole nitrogens is 1. The smallest absolute Gasteiger partial charge is 0.257 e. The second-order valence-corrected chi connectivity index (χ2v) is 4.79. The Morgan fingerprint density at radius 1 is 1.67 bits per heavy atom. The van der Waals surface area contributed by atoms with Gasteiger partial charge in [-0.1, -0.05) is 6.92 Å². The number of likely N-dealkylation sites (tertiary alicyclic amines) is 1. The van der Waals surface area contributed by atoms with Crippen molar-refractivity contribution < 1.29 is 9.53 Å². The number of piperidine rings is 1. The van der Waals surface area contributed by atoms with E-state index in [4.69, 9.17) is 4.74 Å². The summed E-state index contributed by atoms with van der Waals surface area (Å²) in [5, 5.41) is 6.71. The molecule has 1 fully saturated rings. The number of aryl methyl sites for hydroxylation is 1.